The highest BCUT2D eigenvalue weighted by atomic mass is 16.2. The number of likely N-dealkylation sites (tertiary alicyclic amines) is 1. The quantitative estimate of drug-likeness (QED) is 0.740. The Labute approximate surface area is 190 Å². The molecule has 1 aliphatic carbocycles. The van der Waals surface area contributed by atoms with Crippen molar-refractivity contribution in [3.63, 3.8) is 0 Å². The van der Waals surface area contributed by atoms with Gasteiger partial charge in [0.05, 0.1) is 5.92 Å². The van der Waals surface area contributed by atoms with Gasteiger partial charge in [-0.3, -0.25) is 19.3 Å². The van der Waals surface area contributed by atoms with Crippen LogP contribution in [0.25, 0.3) is 0 Å². The van der Waals surface area contributed by atoms with Crippen LogP contribution in [0.15, 0.2) is 18.2 Å². The van der Waals surface area contributed by atoms with E-state index in [-0.39, 0.29) is 36.0 Å². The number of amides is 3. The summed E-state index contributed by atoms with van der Waals surface area (Å²) >= 11 is 0. The summed E-state index contributed by atoms with van der Waals surface area (Å²) in [6.45, 7) is 6.02. The van der Waals surface area contributed by atoms with Gasteiger partial charge in [-0.15, -0.1) is 0 Å². The summed E-state index contributed by atoms with van der Waals surface area (Å²) < 4.78 is 0. The molecule has 7 heteroatoms. The molecule has 0 radical (unpaired) electrons. The first-order valence-electron chi connectivity index (χ1n) is 12.3. The van der Waals surface area contributed by atoms with Gasteiger partial charge in [0.25, 0.3) is 0 Å². The number of carbonyl (C=O) groups is 3. The predicted molar refractivity (Wildman–Crippen MR) is 124 cm³/mol. The van der Waals surface area contributed by atoms with E-state index in [9.17, 15) is 14.4 Å². The number of rotatable bonds is 6. The van der Waals surface area contributed by atoms with Crippen molar-refractivity contribution in [2.45, 2.75) is 57.9 Å². The molecule has 3 heterocycles. The Morgan fingerprint density at radius 3 is 2.72 bits per heavy atom. The monoisotopic (exact) mass is 438 g/mol. The third-order valence-corrected chi connectivity index (χ3v) is 7.60. The summed E-state index contributed by atoms with van der Waals surface area (Å²) in [5.74, 6) is 0.122. The number of fused-ring (bicyclic) bond motifs is 1. The van der Waals surface area contributed by atoms with Gasteiger partial charge in [0.1, 0.15) is 0 Å². The number of hydrogen-bond acceptors (Lipinski definition) is 4. The first-order chi connectivity index (χ1) is 15.5. The smallest absolute Gasteiger partial charge is 0.230 e. The summed E-state index contributed by atoms with van der Waals surface area (Å²) in [6, 6.07) is 6.51. The molecule has 0 bridgehead atoms. The molecule has 0 aromatic heterocycles. The molecule has 2 atom stereocenters. The summed E-state index contributed by atoms with van der Waals surface area (Å²) in [6.07, 6.45) is 6.85. The van der Waals surface area contributed by atoms with Gasteiger partial charge in [0, 0.05) is 55.9 Å². The van der Waals surface area contributed by atoms with Crippen molar-refractivity contribution < 1.29 is 14.4 Å². The molecule has 172 valence electrons. The van der Waals surface area contributed by atoms with Crippen LogP contribution in [0.1, 0.15) is 51.0 Å². The topological polar surface area (TPSA) is 73.0 Å². The van der Waals surface area contributed by atoms with E-state index in [0.29, 0.717) is 19.1 Å². The van der Waals surface area contributed by atoms with Gasteiger partial charge in [0.15, 0.2) is 0 Å². The van der Waals surface area contributed by atoms with E-state index in [1.165, 1.54) is 19.3 Å². The highest BCUT2D eigenvalue weighted by molar-refractivity contribution is 6.02. The SMILES string of the molecule is C[C@H]1CCCCN1CCNC(=O)[C@H]1CC(=O)N(c2ccc3c(c2)CCN3C(=O)C2CC2)C1. The summed E-state index contributed by atoms with van der Waals surface area (Å²) in [5.41, 5.74) is 2.94. The second kappa shape index (κ2) is 8.85. The van der Waals surface area contributed by atoms with E-state index in [0.717, 1.165) is 55.8 Å². The fourth-order valence-electron chi connectivity index (χ4n) is 5.43. The number of anilines is 2. The Balaban J connectivity index is 1.17. The van der Waals surface area contributed by atoms with Crippen molar-refractivity contribution in [3.05, 3.63) is 23.8 Å². The first-order valence-corrected chi connectivity index (χ1v) is 12.3. The Bertz CT molecular complexity index is 912. The van der Waals surface area contributed by atoms with E-state index in [1.54, 1.807) is 4.90 Å². The lowest BCUT2D eigenvalue weighted by Gasteiger charge is -2.33. The van der Waals surface area contributed by atoms with E-state index in [2.05, 4.69) is 17.1 Å². The van der Waals surface area contributed by atoms with Gasteiger partial charge in [-0.2, -0.15) is 0 Å². The third kappa shape index (κ3) is 4.27. The molecule has 2 saturated heterocycles. The third-order valence-electron chi connectivity index (χ3n) is 7.60. The van der Waals surface area contributed by atoms with E-state index >= 15 is 0 Å². The number of benzene rings is 1. The van der Waals surface area contributed by atoms with Crippen molar-refractivity contribution in [1.29, 1.82) is 0 Å². The first kappa shape index (κ1) is 21.4. The molecule has 3 amide bonds. The Hall–Kier alpha value is -2.41. The molecule has 1 aromatic rings. The minimum absolute atomic E-state index is 0.00124. The van der Waals surface area contributed by atoms with Crippen LogP contribution in [0.2, 0.25) is 0 Å². The Morgan fingerprint density at radius 1 is 1.09 bits per heavy atom. The van der Waals surface area contributed by atoms with Crippen LogP contribution >= 0.6 is 0 Å². The zero-order valence-electron chi connectivity index (χ0n) is 19.0. The average molecular weight is 439 g/mol. The second-order valence-corrected chi connectivity index (χ2v) is 9.90. The molecule has 3 aliphatic heterocycles. The van der Waals surface area contributed by atoms with Crippen molar-refractivity contribution >= 4 is 29.1 Å². The molecule has 3 fully saturated rings. The van der Waals surface area contributed by atoms with E-state index in [1.807, 2.05) is 23.1 Å². The van der Waals surface area contributed by atoms with Crippen LogP contribution in [0, 0.1) is 11.8 Å². The number of nitrogens with one attached hydrogen (secondary N) is 1. The molecule has 5 rings (SSSR count). The van der Waals surface area contributed by atoms with Crippen LogP contribution in [0.3, 0.4) is 0 Å². The second-order valence-electron chi connectivity index (χ2n) is 9.90. The number of piperidine rings is 1. The normalized spacial score (nSPS) is 25.8. The lowest BCUT2D eigenvalue weighted by molar-refractivity contribution is -0.126. The molecule has 1 N–H and O–H groups in total. The van der Waals surface area contributed by atoms with Crippen LogP contribution in [-0.2, 0) is 20.8 Å². The van der Waals surface area contributed by atoms with Crippen LogP contribution in [-0.4, -0.2) is 61.4 Å². The fourth-order valence-corrected chi connectivity index (χ4v) is 5.43. The maximum absolute atomic E-state index is 12.7. The standard InChI is InChI=1S/C25H34N4O3/c1-17-4-2-3-11-27(17)13-10-26-24(31)20-15-23(30)29(16-20)21-7-8-22-19(14-21)9-12-28(22)25(32)18-5-6-18/h7-8,14,17-18,20H,2-6,9-13,15-16H2,1H3,(H,26,31)/t17-,20-/m0/s1. The maximum Gasteiger partial charge on any atom is 0.230 e. The van der Waals surface area contributed by atoms with Crippen molar-refractivity contribution in [3.8, 4) is 0 Å². The lowest BCUT2D eigenvalue weighted by Crippen LogP contribution is -2.43. The predicted octanol–water partition coefficient (Wildman–Crippen LogP) is 2.33. The molecule has 1 saturated carbocycles. The zero-order valence-corrected chi connectivity index (χ0v) is 19.0. The molecule has 1 aromatic carbocycles. The van der Waals surface area contributed by atoms with Crippen molar-refractivity contribution in [2.75, 3.05) is 42.5 Å². The highest BCUT2D eigenvalue weighted by Gasteiger charge is 2.38. The molecule has 4 aliphatic rings. The molecule has 7 nitrogen and oxygen atoms in total. The average Bonchev–Trinajstić information content (AvgIpc) is 3.44. The molecular formula is C25H34N4O3. The lowest BCUT2D eigenvalue weighted by atomic mass is 10.0. The summed E-state index contributed by atoms with van der Waals surface area (Å²) in [5, 5.41) is 3.06. The van der Waals surface area contributed by atoms with Gasteiger partial charge in [-0.1, -0.05) is 6.42 Å². The van der Waals surface area contributed by atoms with E-state index < -0.39 is 0 Å². The van der Waals surface area contributed by atoms with Crippen molar-refractivity contribution in [2.24, 2.45) is 11.8 Å². The maximum atomic E-state index is 12.7. The minimum atomic E-state index is -0.303. The minimum Gasteiger partial charge on any atom is -0.355 e. The largest absolute Gasteiger partial charge is 0.355 e. The zero-order chi connectivity index (χ0) is 22.2. The number of hydrogen-bond donors (Lipinski definition) is 1. The Kier molecular flexibility index (Phi) is 5.93. The molecule has 32 heavy (non-hydrogen) atoms. The van der Waals surface area contributed by atoms with E-state index in [4.69, 9.17) is 0 Å². The summed E-state index contributed by atoms with van der Waals surface area (Å²) in [7, 11) is 0. The van der Waals surface area contributed by atoms with Gasteiger partial charge < -0.3 is 15.1 Å². The van der Waals surface area contributed by atoms with Gasteiger partial charge >= 0.3 is 0 Å². The molecular weight excluding hydrogens is 404 g/mol. The highest BCUT2D eigenvalue weighted by Crippen LogP contribution is 2.38. The van der Waals surface area contributed by atoms with Gasteiger partial charge in [-0.25, -0.2) is 0 Å². The van der Waals surface area contributed by atoms with Crippen molar-refractivity contribution in [1.82, 2.24) is 10.2 Å². The van der Waals surface area contributed by atoms with Crippen LogP contribution in [0.4, 0.5) is 11.4 Å². The molecule has 0 unspecified atom stereocenters. The summed E-state index contributed by atoms with van der Waals surface area (Å²) in [4.78, 5) is 44.0. The van der Waals surface area contributed by atoms with Crippen LogP contribution in [0.5, 0.6) is 0 Å². The number of nitrogens with zero attached hydrogens (tertiary/aromatic N) is 3. The van der Waals surface area contributed by atoms with Gasteiger partial charge in [-0.05, 0) is 69.3 Å². The van der Waals surface area contributed by atoms with Gasteiger partial charge in [0.2, 0.25) is 17.7 Å². The molecule has 0 spiro atoms. The Morgan fingerprint density at radius 2 is 1.94 bits per heavy atom. The number of carbonyl (C=O) groups excluding carboxylic acids is 3. The fraction of sp³-hybridized carbons (Fsp3) is 0.640. The van der Waals surface area contributed by atoms with Crippen LogP contribution < -0.4 is 15.1 Å².